The lowest BCUT2D eigenvalue weighted by Gasteiger charge is -2.29. The number of nitrogens with zero attached hydrogens (tertiary/aromatic N) is 2. The van der Waals surface area contributed by atoms with E-state index in [9.17, 15) is 4.79 Å². The molecule has 2 atom stereocenters. The number of hydrogen-bond acceptors (Lipinski definition) is 5. The van der Waals surface area contributed by atoms with Crippen molar-refractivity contribution in [1.82, 2.24) is 10.2 Å². The molecule has 0 unspecified atom stereocenters. The monoisotopic (exact) mass is 397 g/mol. The lowest BCUT2D eigenvalue weighted by Crippen LogP contribution is -2.52. The van der Waals surface area contributed by atoms with Crippen LogP contribution >= 0.6 is 12.2 Å². The summed E-state index contributed by atoms with van der Waals surface area (Å²) in [6.45, 7) is 1.29. The van der Waals surface area contributed by atoms with E-state index in [1.54, 1.807) is 19.1 Å². The second-order valence-electron chi connectivity index (χ2n) is 7.27. The van der Waals surface area contributed by atoms with E-state index in [1.807, 2.05) is 55.6 Å². The van der Waals surface area contributed by atoms with Gasteiger partial charge in [-0.3, -0.25) is 9.69 Å². The number of ether oxygens (including phenoxy) is 2. The molecular weight excluding hydrogens is 374 g/mol. The van der Waals surface area contributed by atoms with Crippen molar-refractivity contribution in [1.29, 1.82) is 0 Å². The van der Waals surface area contributed by atoms with E-state index in [-0.39, 0.29) is 11.8 Å². The first-order valence-corrected chi connectivity index (χ1v) is 9.52. The number of likely N-dealkylation sites (tertiary alicyclic amines) is 1. The molecule has 2 aliphatic heterocycles. The number of benzene rings is 2. The van der Waals surface area contributed by atoms with Gasteiger partial charge in [-0.1, -0.05) is 18.2 Å². The van der Waals surface area contributed by atoms with Crippen molar-refractivity contribution in [3.8, 4) is 11.5 Å². The highest BCUT2D eigenvalue weighted by Crippen LogP contribution is 2.42. The van der Waals surface area contributed by atoms with Gasteiger partial charge in [-0.05, 0) is 49.1 Å². The number of anilines is 1. The van der Waals surface area contributed by atoms with Crippen LogP contribution in [-0.2, 0) is 4.79 Å². The largest absolute Gasteiger partial charge is 0.497 e. The fourth-order valence-corrected chi connectivity index (χ4v) is 4.61. The Balaban J connectivity index is 1.78. The number of hydrogen-bond donors (Lipinski definition) is 1. The van der Waals surface area contributed by atoms with E-state index in [1.165, 1.54) is 0 Å². The molecule has 0 radical (unpaired) electrons. The number of thiocarbonyl (C=S) groups is 1. The minimum Gasteiger partial charge on any atom is -0.497 e. The van der Waals surface area contributed by atoms with Gasteiger partial charge >= 0.3 is 0 Å². The Morgan fingerprint density at radius 1 is 1.11 bits per heavy atom. The molecule has 1 amide bonds. The average molecular weight is 398 g/mol. The van der Waals surface area contributed by atoms with Gasteiger partial charge in [0.15, 0.2) is 5.11 Å². The van der Waals surface area contributed by atoms with Crippen molar-refractivity contribution in [2.24, 2.45) is 0 Å². The van der Waals surface area contributed by atoms with Gasteiger partial charge in [-0.25, -0.2) is 0 Å². The lowest BCUT2D eigenvalue weighted by atomic mass is 9.81. The number of rotatable bonds is 4. The van der Waals surface area contributed by atoms with Gasteiger partial charge in [0.05, 0.1) is 19.9 Å². The summed E-state index contributed by atoms with van der Waals surface area (Å²) in [5.41, 5.74) is 0.941. The highest BCUT2D eigenvalue weighted by Gasteiger charge is 2.59. The Kier molecular flexibility index (Phi) is 4.72. The van der Waals surface area contributed by atoms with Crippen LogP contribution < -0.4 is 19.7 Å². The first-order valence-electron chi connectivity index (χ1n) is 9.12. The summed E-state index contributed by atoms with van der Waals surface area (Å²) < 4.78 is 10.9. The molecule has 7 heteroatoms. The zero-order valence-electron chi connectivity index (χ0n) is 16.1. The summed E-state index contributed by atoms with van der Waals surface area (Å²) in [6.07, 6.45) is 0. The molecule has 0 bridgehead atoms. The van der Waals surface area contributed by atoms with Crippen molar-refractivity contribution < 1.29 is 14.3 Å². The van der Waals surface area contributed by atoms with Crippen LogP contribution in [-0.4, -0.2) is 55.8 Å². The number of amides is 1. The second-order valence-corrected chi connectivity index (χ2v) is 7.66. The predicted octanol–water partition coefficient (Wildman–Crippen LogP) is 2.39. The summed E-state index contributed by atoms with van der Waals surface area (Å²) in [7, 11) is 5.27. The third-order valence-corrected chi connectivity index (χ3v) is 5.80. The molecule has 2 saturated heterocycles. The maximum absolute atomic E-state index is 13.7. The van der Waals surface area contributed by atoms with E-state index in [2.05, 4.69) is 10.2 Å². The highest BCUT2D eigenvalue weighted by atomic mass is 32.1. The zero-order chi connectivity index (χ0) is 19.9. The van der Waals surface area contributed by atoms with Gasteiger partial charge in [0.1, 0.15) is 17.0 Å². The molecule has 2 aromatic rings. The number of carbonyl (C=O) groups is 1. The summed E-state index contributed by atoms with van der Waals surface area (Å²) >= 11 is 5.57. The average Bonchev–Trinajstić information content (AvgIpc) is 3.17. The van der Waals surface area contributed by atoms with Gasteiger partial charge in [-0.2, -0.15) is 0 Å². The Morgan fingerprint density at radius 2 is 1.75 bits per heavy atom. The number of carbonyl (C=O) groups excluding carboxylic acids is 1. The minimum atomic E-state index is -0.820. The van der Waals surface area contributed by atoms with Crippen LogP contribution in [0.4, 0.5) is 5.69 Å². The molecule has 1 spiro atoms. The van der Waals surface area contributed by atoms with Crippen LogP contribution in [0.2, 0.25) is 0 Å². The van der Waals surface area contributed by atoms with Crippen molar-refractivity contribution >= 4 is 28.9 Å². The SMILES string of the molecule is COc1cc(OC)cc([C@@H]2CN(C)C[C@]23NC(=S)N(c2ccccc2)C3=O)c1. The number of nitrogens with one attached hydrogen (secondary N) is 1. The highest BCUT2D eigenvalue weighted by molar-refractivity contribution is 7.80. The molecule has 28 heavy (non-hydrogen) atoms. The number of para-hydroxylation sites is 1. The molecule has 2 heterocycles. The Labute approximate surface area is 170 Å². The first kappa shape index (κ1) is 18.7. The Bertz CT molecular complexity index is 898. The van der Waals surface area contributed by atoms with Crippen LogP contribution in [0.25, 0.3) is 0 Å². The van der Waals surface area contributed by atoms with E-state index >= 15 is 0 Å². The second kappa shape index (κ2) is 7.07. The standard InChI is InChI=1S/C21H23N3O3S/c1-23-12-18(14-9-16(26-2)11-17(10-14)27-3)21(13-23)19(25)24(20(28)22-21)15-7-5-4-6-8-15/h4-11,18H,12-13H2,1-3H3,(H,22,28)/t18-,21-/m0/s1. The van der Waals surface area contributed by atoms with Gasteiger partial charge in [-0.15, -0.1) is 0 Å². The predicted molar refractivity (Wildman–Crippen MR) is 112 cm³/mol. The molecule has 2 fully saturated rings. The third-order valence-electron chi connectivity index (χ3n) is 5.52. The van der Waals surface area contributed by atoms with Crippen LogP contribution in [0.5, 0.6) is 11.5 Å². The summed E-state index contributed by atoms with van der Waals surface area (Å²) in [5, 5.41) is 3.80. The molecule has 0 aliphatic carbocycles. The quantitative estimate of drug-likeness (QED) is 0.800. The van der Waals surface area contributed by atoms with Crippen LogP contribution in [0.3, 0.4) is 0 Å². The summed E-state index contributed by atoms with van der Waals surface area (Å²) in [5.74, 6) is 1.28. The van der Waals surface area contributed by atoms with Crippen molar-refractivity contribution in [2.45, 2.75) is 11.5 Å². The van der Waals surface area contributed by atoms with Crippen LogP contribution in [0.1, 0.15) is 11.5 Å². The molecule has 0 aromatic heterocycles. The molecule has 4 rings (SSSR count). The normalized spacial score (nSPS) is 24.7. The van der Waals surface area contributed by atoms with Crippen molar-refractivity contribution in [3.63, 3.8) is 0 Å². The summed E-state index contributed by atoms with van der Waals surface area (Å²) in [4.78, 5) is 17.4. The minimum absolute atomic E-state index is 0.0279. The van der Waals surface area contributed by atoms with Gasteiger partial charge in [0, 0.05) is 25.1 Å². The topological polar surface area (TPSA) is 54.0 Å². The van der Waals surface area contributed by atoms with Crippen molar-refractivity contribution in [3.05, 3.63) is 54.1 Å². The maximum atomic E-state index is 13.7. The fourth-order valence-electron chi connectivity index (χ4n) is 4.24. The molecule has 0 saturated carbocycles. The lowest BCUT2D eigenvalue weighted by molar-refractivity contribution is -0.122. The van der Waals surface area contributed by atoms with Gasteiger partial charge in [0.25, 0.3) is 5.91 Å². The Morgan fingerprint density at radius 3 is 2.36 bits per heavy atom. The molecule has 1 N–H and O–H groups in total. The number of methoxy groups -OCH3 is 2. The third kappa shape index (κ3) is 2.91. The molecule has 2 aromatic carbocycles. The molecular formula is C21H23N3O3S. The van der Waals surface area contributed by atoms with Crippen LogP contribution in [0.15, 0.2) is 48.5 Å². The van der Waals surface area contributed by atoms with E-state index in [0.717, 1.165) is 17.8 Å². The smallest absolute Gasteiger partial charge is 0.261 e. The molecule has 2 aliphatic rings. The van der Waals surface area contributed by atoms with Gasteiger partial charge < -0.3 is 19.7 Å². The fraction of sp³-hybridized carbons (Fsp3) is 0.333. The van der Waals surface area contributed by atoms with E-state index in [4.69, 9.17) is 21.7 Å². The maximum Gasteiger partial charge on any atom is 0.261 e. The Hall–Kier alpha value is -2.64. The van der Waals surface area contributed by atoms with Crippen molar-refractivity contribution in [2.75, 3.05) is 39.3 Å². The summed E-state index contributed by atoms with van der Waals surface area (Å²) in [6, 6.07) is 15.3. The van der Waals surface area contributed by atoms with E-state index < -0.39 is 5.54 Å². The molecule has 6 nitrogen and oxygen atoms in total. The van der Waals surface area contributed by atoms with Gasteiger partial charge in [0.2, 0.25) is 0 Å². The first-order chi connectivity index (χ1) is 13.5. The van der Waals surface area contributed by atoms with Crippen LogP contribution in [0, 0.1) is 0 Å². The molecule has 146 valence electrons. The number of likely N-dealkylation sites (N-methyl/N-ethyl adjacent to an activating group) is 1. The zero-order valence-corrected chi connectivity index (χ0v) is 17.0. The van der Waals surface area contributed by atoms with E-state index in [0.29, 0.717) is 23.2 Å².